The summed E-state index contributed by atoms with van der Waals surface area (Å²) in [6.45, 7) is 3.35. The third-order valence-corrected chi connectivity index (χ3v) is 7.81. The van der Waals surface area contributed by atoms with E-state index < -0.39 is 0 Å². The molecular formula is C24H31NO. The van der Waals surface area contributed by atoms with Gasteiger partial charge in [-0.1, -0.05) is 30.3 Å². The number of hydrogen-bond donors (Lipinski definition) is 1. The average molecular weight is 350 g/mol. The van der Waals surface area contributed by atoms with E-state index in [0.29, 0.717) is 11.5 Å². The van der Waals surface area contributed by atoms with Crippen LogP contribution in [0.2, 0.25) is 0 Å². The molecule has 2 aromatic rings. The van der Waals surface area contributed by atoms with Gasteiger partial charge >= 0.3 is 0 Å². The standard InChI is InChI=1S/C24H31NO/c1-16(24-12-17-9-18(13-24)11-19(10-17)14-24)25-15-22-21-6-4-3-5-20(21)7-8-23(22)26-2/h3-8,16-19,25H,9-15H2,1-2H3/t16-,17?,18?,19?,24?/m0/s1. The van der Waals surface area contributed by atoms with Crippen LogP contribution in [0.1, 0.15) is 51.0 Å². The molecule has 0 unspecified atom stereocenters. The SMILES string of the molecule is COc1ccc2ccccc2c1CN[C@@H](C)C12CC3CC(CC(C3)C1)C2. The fourth-order valence-corrected chi connectivity index (χ4v) is 6.87. The minimum absolute atomic E-state index is 0.548. The van der Waals surface area contributed by atoms with E-state index in [4.69, 9.17) is 4.74 Å². The number of methoxy groups -OCH3 is 1. The van der Waals surface area contributed by atoms with Crippen molar-refractivity contribution in [2.24, 2.45) is 23.2 Å². The summed E-state index contributed by atoms with van der Waals surface area (Å²) >= 11 is 0. The number of nitrogens with one attached hydrogen (secondary N) is 1. The average Bonchev–Trinajstić information content (AvgIpc) is 2.64. The second-order valence-electron chi connectivity index (χ2n) is 9.35. The molecule has 2 nitrogen and oxygen atoms in total. The maximum Gasteiger partial charge on any atom is 0.123 e. The summed E-state index contributed by atoms with van der Waals surface area (Å²) in [4.78, 5) is 0. The lowest BCUT2D eigenvalue weighted by Gasteiger charge is -2.59. The van der Waals surface area contributed by atoms with Gasteiger partial charge in [-0.15, -0.1) is 0 Å². The van der Waals surface area contributed by atoms with Crippen molar-refractivity contribution in [3.63, 3.8) is 0 Å². The molecule has 4 aliphatic carbocycles. The van der Waals surface area contributed by atoms with Gasteiger partial charge in [-0.2, -0.15) is 0 Å². The quantitative estimate of drug-likeness (QED) is 0.765. The van der Waals surface area contributed by atoms with E-state index in [0.717, 1.165) is 30.0 Å². The highest BCUT2D eigenvalue weighted by molar-refractivity contribution is 5.87. The van der Waals surface area contributed by atoms with Gasteiger partial charge in [-0.25, -0.2) is 0 Å². The van der Waals surface area contributed by atoms with Crippen LogP contribution >= 0.6 is 0 Å². The highest BCUT2D eigenvalue weighted by atomic mass is 16.5. The zero-order valence-corrected chi connectivity index (χ0v) is 16.1. The first-order valence-corrected chi connectivity index (χ1v) is 10.4. The van der Waals surface area contributed by atoms with Gasteiger partial charge in [0.15, 0.2) is 0 Å². The summed E-state index contributed by atoms with van der Waals surface area (Å²) in [6, 6.07) is 13.5. The van der Waals surface area contributed by atoms with Gasteiger partial charge < -0.3 is 10.1 Å². The van der Waals surface area contributed by atoms with Crippen molar-refractivity contribution in [1.82, 2.24) is 5.32 Å². The molecule has 138 valence electrons. The molecule has 0 spiro atoms. The maximum atomic E-state index is 5.70. The van der Waals surface area contributed by atoms with Crippen molar-refractivity contribution in [2.75, 3.05) is 7.11 Å². The first-order chi connectivity index (χ1) is 12.7. The number of fused-ring (bicyclic) bond motifs is 1. The largest absolute Gasteiger partial charge is 0.496 e. The van der Waals surface area contributed by atoms with Gasteiger partial charge in [-0.05, 0) is 85.5 Å². The summed E-state index contributed by atoms with van der Waals surface area (Å²) in [5, 5.41) is 6.56. The first kappa shape index (κ1) is 16.6. The van der Waals surface area contributed by atoms with Crippen molar-refractivity contribution >= 4 is 10.8 Å². The number of benzene rings is 2. The summed E-state index contributed by atoms with van der Waals surface area (Å²) in [6.07, 6.45) is 8.93. The topological polar surface area (TPSA) is 21.3 Å². The molecule has 1 N–H and O–H groups in total. The fraction of sp³-hybridized carbons (Fsp3) is 0.583. The Morgan fingerprint density at radius 3 is 2.31 bits per heavy atom. The first-order valence-electron chi connectivity index (χ1n) is 10.4. The van der Waals surface area contributed by atoms with Crippen LogP contribution in [0.15, 0.2) is 36.4 Å². The predicted molar refractivity (Wildman–Crippen MR) is 107 cm³/mol. The van der Waals surface area contributed by atoms with E-state index in [1.807, 2.05) is 0 Å². The van der Waals surface area contributed by atoms with Crippen LogP contribution in [0.25, 0.3) is 10.8 Å². The van der Waals surface area contributed by atoms with Gasteiger partial charge in [0.25, 0.3) is 0 Å². The lowest BCUT2D eigenvalue weighted by atomic mass is 9.48. The van der Waals surface area contributed by atoms with Crippen molar-refractivity contribution in [2.45, 2.75) is 58.0 Å². The van der Waals surface area contributed by atoms with Gasteiger partial charge in [0.1, 0.15) is 5.75 Å². The fourth-order valence-electron chi connectivity index (χ4n) is 6.87. The Labute approximate surface area is 157 Å². The molecule has 0 aliphatic heterocycles. The van der Waals surface area contributed by atoms with E-state index in [9.17, 15) is 0 Å². The zero-order valence-electron chi connectivity index (χ0n) is 16.1. The highest BCUT2D eigenvalue weighted by Crippen LogP contribution is 2.61. The molecule has 0 aromatic heterocycles. The summed E-state index contributed by atoms with van der Waals surface area (Å²) in [7, 11) is 1.79. The molecule has 26 heavy (non-hydrogen) atoms. The Morgan fingerprint density at radius 2 is 1.65 bits per heavy atom. The molecular weight excluding hydrogens is 318 g/mol. The van der Waals surface area contributed by atoms with Gasteiger partial charge in [-0.3, -0.25) is 0 Å². The monoisotopic (exact) mass is 349 g/mol. The number of ether oxygens (including phenoxy) is 1. The van der Waals surface area contributed by atoms with Crippen molar-refractivity contribution in [3.05, 3.63) is 42.0 Å². The lowest BCUT2D eigenvalue weighted by molar-refractivity contribution is -0.0706. The Kier molecular flexibility index (Phi) is 4.01. The highest BCUT2D eigenvalue weighted by Gasteiger charge is 2.52. The normalized spacial score (nSPS) is 33.5. The van der Waals surface area contributed by atoms with Crippen LogP contribution in [-0.4, -0.2) is 13.2 Å². The molecule has 1 atom stereocenters. The zero-order chi connectivity index (χ0) is 17.7. The second-order valence-corrected chi connectivity index (χ2v) is 9.35. The van der Waals surface area contributed by atoms with E-state index >= 15 is 0 Å². The maximum absolute atomic E-state index is 5.70. The Hall–Kier alpha value is -1.54. The van der Waals surface area contributed by atoms with Crippen LogP contribution in [0.3, 0.4) is 0 Å². The molecule has 0 saturated heterocycles. The van der Waals surface area contributed by atoms with Crippen LogP contribution in [0, 0.1) is 23.2 Å². The Balaban J connectivity index is 1.39. The van der Waals surface area contributed by atoms with Crippen molar-refractivity contribution in [3.8, 4) is 5.75 Å². The third kappa shape index (κ3) is 2.65. The van der Waals surface area contributed by atoms with Gasteiger partial charge in [0, 0.05) is 18.2 Å². The summed E-state index contributed by atoms with van der Waals surface area (Å²) in [5.74, 6) is 4.04. The van der Waals surface area contributed by atoms with Crippen LogP contribution in [0.5, 0.6) is 5.75 Å². The molecule has 6 rings (SSSR count). The van der Waals surface area contributed by atoms with Crippen LogP contribution in [-0.2, 0) is 6.54 Å². The Bertz CT molecular complexity index is 776. The Morgan fingerprint density at radius 1 is 1.00 bits per heavy atom. The molecule has 0 heterocycles. The molecule has 0 amide bonds. The molecule has 4 fully saturated rings. The summed E-state index contributed by atoms with van der Waals surface area (Å²) in [5.41, 5.74) is 1.86. The molecule has 4 bridgehead atoms. The van der Waals surface area contributed by atoms with Gasteiger partial charge in [0.05, 0.1) is 7.11 Å². The minimum atomic E-state index is 0.548. The van der Waals surface area contributed by atoms with Crippen LogP contribution in [0.4, 0.5) is 0 Å². The number of hydrogen-bond acceptors (Lipinski definition) is 2. The van der Waals surface area contributed by atoms with E-state index in [1.54, 1.807) is 7.11 Å². The van der Waals surface area contributed by atoms with Crippen molar-refractivity contribution in [1.29, 1.82) is 0 Å². The summed E-state index contributed by atoms with van der Waals surface area (Å²) < 4.78 is 5.70. The number of rotatable bonds is 5. The van der Waals surface area contributed by atoms with Crippen molar-refractivity contribution < 1.29 is 4.74 Å². The lowest BCUT2D eigenvalue weighted by Crippen LogP contribution is -2.54. The second kappa shape index (κ2) is 6.27. The molecule has 4 saturated carbocycles. The van der Waals surface area contributed by atoms with E-state index in [2.05, 4.69) is 48.6 Å². The van der Waals surface area contributed by atoms with E-state index in [1.165, 1.54) is 54.9 Å². The minimum Gasteiger partial charge on any atom is -0.496 e. The molecule has 0 radical (unpaired) electrons. The van der Waals surface area contributed by atoms with Gasteiger partial charge in [0.2, 0.25) is 0 Å². The van der Waals surface area contributed by atoms with Crippen LogP contribution < -0.4 is 10.1 Å². The third-order valence-electron chi connectivity index (χ3n) is 7.81. The smallest absolute Gasteiger partial charge is 0.123 e. The molecule has 4 aliphatic rings. The molecule has 2 heteroatoms. The van der Waals surface area contributed by atoms with E-state index in [-0.39, 0.29) is 0 Å². The predicted octanol–water partition coefficient (Wildman–Crippen LogP) is 5.54. The molecule has 2 aromatic carbocycles.